The van der Waals surface area contributed by atoms with E-state index < -0.39 is 11.9 Å². The molecule has 0 spiro atoms. The number of phenols is 1. The van der Waals surface area contributed by atoms with Crippen LogP contribution in [-0.4, -0.2) is 43.4 Å². The van der Waals surface area contributed by atoms with Gasteiger partial charge in [0.25, 0.3) is 0 Å². The molecule has 2 heterocycles. The molecule has 162 valence electrons. The summed E-state index contributed by atoms with van der Waals surface area (Å²) in [6.07, 6.45) is 0.734. The van der Waals surface area contributed by atoms with Crippen LogP contribution in [0.25, 0.3) is 22.3 Å². The number of anilines is 1. The number of alkyl halides is 1. The summed E-state index contributed by atoms with van der Waals surface area (Å²) in [5.74, 6) is 0.0729. The molecule has 2 aromatic carbocycles. The van der Waals surface area contributed by atoms with E-state index in [0.29, 0.717) is 17.9 Å². The van der Waals surface area contributed by atoms with Crippen molar-refractivity contribution in [1.82, 2.24) is 15.3 Å². The van der Waals surface area contributed by atoms with Gasteiger partial charge in [0.05, 0.1) is 15.1 Å². The van der Waals surface area contributed by atoms with Crippen LogP contribution in [0.1, 0.15) is 18.4 Å². The quantitative estimate of drug-likeness (QED) is 0.254. The van der Waals surface area contributed by atoms with E-state index in [1.807, 2.05) is 25.1 Å². The Kier molecular flexibility index (Phi) is 6.12. The lowest BCUT2D eigenvalue weighted by Gasteiger charge is -2.39. The first-order valence-electron chi connectivity index (χ1n) is 9.99. The van der Waals surface area contributed by atoms with E-state index >= 15 is 0 Å². The Hall–Kier alpha value is -2.69. The van der Waals surface area contributed by atoms with Crippen molar-refractivity contribution in [2.45, 2.75) is 23.8 Å². The van der Waals surface area contributed by atoms with Crippen LogP contribution < -0.4 is 10.2 Å². The first kappa shape index (κ1) is 21.5. The van der Waals surface area contributed by atoms with Crippen molar-refractivity contribution in [2.24, 2.45) is 5.92 Å². The van der Waals surface area contributed by atoms with Crippen molar-refractivity contribution < 1.29 is 19.4 Å². The van der Waals surface area contributed by atoms with E-state index in [9.17, 15) is 14.3 Å². The molecule has 0 radical (unpaired) electrons. The largest absolute Gasteiger partial charge is 0.507 e. The molecular weight excluding hydrogens is 514 g/mol. The number of carboxylic acid groups (broad SMARTS) is 1. The molecular formula is C22H22FIN4O3. The van der Waals surface area contributed by atoms with Crippen LogP contribution in [0.5, 0.6) is 5.75 Å². The zero-order chi connectivity index (χ0) is 22.1. The molecule has 3 aromatic rings. The molecule has 1 aromatic heterocycles. The summed E-state index contributed by atoms with van der Waals surface area (Å²) >= 11 is 2.32. The summed E-state index contributed by atoms with van der Waals surface area (Å²) in [5, 5.41) is 22.6. The number of nitrogens with one attached hydrogen (secondary N) is 1. The predicted octanol–water partition coefficient (Wildman–Crippen LogP) is 4.70. The smallest absolute Gasteiger partial charge is 0.404 e. The Morgan fingerprint density at radius 1 is 1.32 bits per heavy atom. The average Bonchev–Trinajstić information content (AvgIpc) is 2.72. The molecule has 4 rings (SSSR count). The molecule has 0 aliphatic carbocycles. The molecule has 1 amide bonds. The second-order valence-electron chi connectivity index (χ2n) is 7.68. The van der Waals surface area contributed by atoms with E-state index in [-0.39, 0.29) is 27.1 Å². The van der Waals surface area contributed by atoms with Gasteiger partial charge in [0.2, 0.25) is 0 Å². The fourth-order valence-corrected chi connectivity index (χ4v) is 5.12. The number of aromatic hydroxyl groups is 1. The van der Waals surface area contributed by atoms with E-state index in [1.54, 1.807) is 0 Å². The van der Waals surface area contributed by atoms with E-state index in [1.165, 1.54) is 18.2 Å². The Balaban J connectivity index is 1.84. The summed E-state index contributed by atoms with van der Waals surface area (Å²) in [6, 6.07) is 9.97. The maximum absolute atomic E-state index is 14.6. The lowest BCUT2D eigenvalue weighted by atomic mass is 9.97. The fraction of sp³-hybridized carbons (Fsp3) is 0.318. The number of hydrogen-bond donors (Lipinski definition) is 3. The maximum Gasteiger partial charge on any atom is 0.404 e. The third kappa shape index (κ3) is 4.36. The van der Waals surface area contributed by atoms with E-state index in [2.05, 4.69) is 37.8 Å². The Morgan fingerprint density at radius 3 is 2.87 bits per heavy atom. The van der Waals surface area contributed by atoms with Gasteiger partial charge in [0, 0.05) is 24.4 Å². The lowest BCUT2D eigenvalue weighted by molar-refractivity contribution is 0.191. The van der Waals surface area contributed by atoms with Crippen LogP contribution in [0.4, 0.5) is 15.0 Å². The zero-order valence-electron chi connectivity index (χ0n) is 16.8. The fourth-order valence-electron chi connectivity index (χ4n) is 3.97. The highest BCUT2D eigenvalue weighted by Gasteiger charge is 2.32. The van der Waals surface area contributed by atoms with Crippen LogP contribution in [0, 0.1) is 18.7 Å². The number of piperidine rings is 1. The van der Waals surface area contributed by atoms with Gasteiger partial charge in [-0.15, -0.1) is 0 Å². The number of aryl methyl sites for hydroxylation is 1. The van der Waals surface area contributed by atoms with Gasteiger partial charge in [-0.1, -0.05) is 34.7 Å². The van der Waals surface area contributed by atoms with Crippen molar-refractivity contribution in [3.8, 4) is 17.1 Å². The van der Waals surface area contributed by atoms with Crippen molar-refractivity contribution >= 4 is 45.4 Å². The number of amides is 1. The second kappa shape index (κ2) is 8.81. The van der Waals surface area contributed by atoms with Crippen LogP contribution >= 0.6 is 22.6 Å². The third-order valence-corrected chi connectivity index (χ3v) is 7.19. The summed E-state index contributed by atoms with van der Waals surface area (Å²) in [7, 11) is 0. The number of hydrogen-bond acceptors (Lipinski definition) is 5. The van der Waals surface area contributed by atoms with E-state index in [0.717, 1.165) is 30.3 Å². The Labute approximate surface area is 192 Å². The molecule has 1 aliphatic heterocycles. The van der Waals surface area contributed by atoms with Crippen molar-refractivity contribution in [1.29, 1.82) is 0 Å². The van der Waals surface area contributed by atoms with Gasteiger partial charge in [-0.3, -0.25) is 0 Å². The molecule has 1 fully saturated rings. The number of fused-ring (bicyclic) bond motifs is 1. The number of aromatic nitrogens is 2. The lowest BCUT2D eigenvalue weighted by Crippen LogP contribution is -2.46. The normalized spacial score (nSPS) is 18.9. The first-order valence-corrected chi connectivity index (χ1v) is 11.2. The summed E-state index contributed by atoms with van der Waals surface area (Å²) in [5.41, 5.74) is 1.64. The molecule has 3 N–H and O–H groups in total. The topological polar surface area (TPSA) is 98.6 Å². The van der Waals surface area contributed by atoms with Crippen LogP contribution in [-0.2, 0) is 0 Å². The SMILES string of the molecule is Cc1ccc2c(N3CCCC(CNC(=O)O)C3I)nc(-c3c(O)cccc3F)nc2c1. The van der Waals surface area contributed by atoms with Crippen molar-refractivity contribution in [3.05, 3.63) is 47.8 Å². The number of carbonyl (C=O) groups is 1. The Bertz CT molecular complexity index is 1120. The van der Waals surface area contributed by atoms with Crippen molar-refractivity contribution in [3.63, 3.8) is 0 Å². The standard InChI is InChI=1S/C22H22FIN4O3/c1-12-7-8-14-16(10-12)26-20(18-15(23)5-2-6-17(18)29)27-21(14)28-9-3-4-13(19(28)24)11-25-22(30)31/h2,5-8,10,13,19,25,29H,3-4,9,11H2,1H3,(H,30,31). The molecule has 31 heavy (non-hydrogen) atoms. The number of nitrogens with zero attached hydrogens (tertiary/aromatic N) is 3. The Morgan fingerprint density at radius 2 is 2.13 bits per heavy atom. The number of phenolic OH excluding ortho intramolecular Hbond substituents is 1. The molecule has 0 bridgehead atoms. The first-order chi connectivity index (χ1) is 14.8. The summed E-state index contributed by atoms with van der Waals surface area (Å²) < 4.78 is 14.6. The number of halogens is 2. The third-order valence-electron chi connectivity index (χ3n) is 5.50. The summed E-state index contributed by atoms with van der Waals surface area (Å²) in [6.45, 7) is 3.04. The van der Waals surface area contributed by atoms with Gasteiger partial charge in [0.15, 0.2) is 5.82 Å². The monoisotopic (exact) mass is 536 g/mol. The second-order valence-corrected chi connectivity index (χ2v) is 8.96. The van der Waals surface area contributed by atoms with Crippen LogP contribution in [0.15, 0.2) is 36.4 Å². The van der Waals surface area contributed by atoms with Gasteiger partial charge >= 0.3 is 6.09 Å². The predicted molar refractivity (Wildman–Crippen MR) is 125 cm³/mol. The number of rotatable bonds is 4. The van der Waals surface area contributed by atoms with E-state index in [4.69, 9.17) is 10.1 Å². The van der Waals surface area contributed by atoms with Gasteiger partial charge in [-0.05, 0) is 49.6 Å². The highest BCUT2D eigenvalue weighted by molar-refractivity contribution is 14.1. The highest BCUT2D eigenvalue weighted by Crippen LogP contribution is 2.38. The minimum atomic E-state index is -1.04. The van der Waals surface area contributed by atoms with Crippen molar-refractivity contribution in [2.75, 3.05) is 18.0 Å². The van der Waals surface area contributed by atoms with Gasteiger partial charge in [-0.2, -0.15) is 0 Å². The maximum atomic E-state index is 14.6. The molecule has 9 heteroatoms. The van der Waals surface area contributed by atoms with Crippen LogP contribution in [0.3, 0.4) is 0 Å². The molecule has 0 saturated carbocycles. The average molecular weight is 536 g/mol. The molecule has 7 nitrogen and oxygen atoms in total. The molecule has 2 unspecified atom stereocenters. The van der Waals surface area contributed by atoms with Crippen LogP contribution in [0.2, 0.25) is 0 Å². The number of benzene rings is 2. The van der Waals surface area contributed by atoms with Gasteiger partial charge in [-0.25, -0.2) is 19.2 Å². The molecule has 1 aliphatic rings. The highest BCUT2D eigenvalue weighted by atomic mass is 127. The van der Waals surface area contributed by atoms with Gasteiger partial charge < -0.3 is 20.4 Å². The minimum Gasteiger partial charge on any atom is -0.507 e. The zero-order valence-corrected chi connectivity index (χ0v) is 19.0. The minimum absolute atomic E-state index is 0.0142. The molecule has 2 atom stereocenters. The van der Waals surface area contributed by atoms with Gasteiger partial charge in [0.1, 0.15) is 17.4 Å². The molecule has 1 saturated heterocycles. The summed E-state index contributed by atoms with van der Waals surface area (Å²) in [4.78, 5) is 22.3.